The van der Waals surface area contributed by atoms with Gasteiger partial charge in [-0.2, -0.15) is 0 Å². The first kappa shape index (κ1) is 17.3. The largest absolute Gasteiger partial charge is 0.355 e. The zero-order chi connectivity index (χ0) is 16.0. The average Bonchev–Trinajstić information content (AvgIpc) is 2.52. The molecule has 0 unspecified atom stereocenters. The van der Waals surface area contributed by atoms with Crippen molar-refractivity contribution in [1.29, 1.82) is 0 Å². The number of carbonyl (C=O) groups is 1. The van der Waals surface area contributed by atoms with Crippen LogP contribution in [0.25, 0.3) is 0 Å². The number of nitrogens with one attached hydrogen (secondary N) is 1. The second-order valence-corrected chi connectivity index (χ2v) is 8.56. The van der Waals surface area contributed by atoms with Crippen LogP contribution < -0.4 is 5.32 Å². The molecule has 0 saturated carbocycles. The van der Waals surface area contributed by atoms with Gasteiger partial charge in [0.1, 0.15) is 0 Å². The predicted octanol–water partition coefficient (Wildman–Crippen LogP) is 1.57. The maximum atomic E-state index is 12.1. The Bertz CT molecular complexity index is 590. The second-order valence-electron chi connectivity index (χ2n) is 5.41. The summed E-state index contributed by atoms with van der Waals surface area (Å²) in [5.74, 6) is 0.533. The maximum Gasteiger partial charge on any atom is 0.224 e. The Labute approximate surface area is 136 Å². The number of rotatable bonds is 6. The molecule has 1 aliphatic heterocycles. The molecule has 1 amide bonds. The zero-order valence-corrected chi connectivity index (χ0v) is 14.3. The highest BCUT2D eigenvalue weighted by molar-refractivity contribution is 7.99. The number of hydrogen-bond acceptors (Lipinski definition) is 4. The highest BCUT2D eigenvalue weighted by atomic mass is 32.2. The lowest BCUT2D eigenvalue weighted by Gasteiger charge is -2.30. The fourth-order valence-corrected chi connectivity index (χ4v) is 4.16. The van der Waals surface area contributed by atoms with Crippen LogP contribution in [0.2, 0.25) is 0 Å². The molecule has 7 heteroatoms. The number of nitrogens with zero attached hydrogens (tertiary/aromatic N) is 1. The van der Waals surface area contributed by atoms with E-state index in [-0.39, 0.29) is 11.8 Å². The molecule has 1 aliphatic rings. The van der Waals surface area contributed by atoms with Gasteiger partial charge >= 0.3 is 0 Å². The second kappa shape index (κ2) is 7.99. The molecule has 5 nitrogen and oxygen atoms in total. The molecular formula is C15H22N2O3S2. The lowest BCUT2D eigenvalue weighted by Crippen LogP contribution is -2.45. The zero-order valence-electron chi connectivity index (χ0n) is 12.7. The van der Waals surface area contributed by atoms with Gasteiger partial charge < -0.3 is 5.32 Å². The van der Waals surface area contributed by atoms with Gasteiger partial charge in [0.2, 0.25) is 15.9 Å². The number of carbonyl (C=O) groups excluding carboxylic acids is 1. The van der Waals surface area contributed by atoms with Crippen LogP contribution in [0, 0.1) is 5.92 Å². The first-order chi connectivity index (χ1) is 10.5. The molecule has 0 aromatic heterocycles. The monoisotopic (exact) mass is 342 g/mol. The maximum absolute atomic E-state index is 12.1. The molecule has 1 aromatic carbocycles. The van der Waals surface area contributed by atoms with Crippen molar-refractivity contribution in [3.8, 4) is 0 Å². The van der Waals surface area contributed by atoms with Crippen molar-refractivity contribution in [1.82, 2.24) is 9.62 Å². The van der Waals surface area contributed by atoms with E-state index >= 15 is 0 Å². The molecule has 0 radical (unpaired) electrons. The van der Waals surface area contributed by atoms with Gasteiger partial charge in [0.15, 0.2) is 0 Å². The third kappa shape index (κ3) is 5.30. The summed E-state index contributed by atoms with van der Waals surface area (Å²) in [5.41, 5.74) is 0. The van der Waals surface area contributed by atoms with Crippen molar-refractivity contribution in [2.24, 2.45) is 5.92 Å². The number of sulfonamides is 1. The highest BCUT2D eigenvalue weighted by Crippen LogP contribution is 2.19. The van der Waals surface area contributed by atoms with Crippen molar-refractivity contribution in [3.63, 3.8) is 0 Å². The van der Waals surface area contributed by atoms with E-state index in [0.717, 1.165) is 18.6 Å². The van der Waals surface area contributed by atoms with Crippen LogP contribution in [0.4, 0.5) is 0 Å². The molecule has 1 aromatic rings. The summed E-state index contributed by atoms with van der Waals surface area (Å²) in [7, 11) is -3.20. The minimum Gasteiger partial charge on any atom is -0.355 e. The van der Waals surface area contributed by atoms with E-state index in [2.05, 4.69) is 5.32 Å². The van der Waals surface area contributed by atoms with E-state index in [9.17, 15) is 13.2 Å². The van der Waals surface area contributed by atoms with Crippen molar-refractivity contribution >= 4 is 27.7 Å². The summed E-state index contributed by atoms with van der Waals surface area (Å²) in [5, 5.41) is 2.91. The normalized spacial score (nSPS) is 19.8. The van der Waals surface area contributed by atoms with Crippen LogP contribution in [0.3, 0.4) is 0 Å². The summed E-state index contributed by atoms with van der Waals surface area (Å²) in [6, 6.07) is 10.0. The SMILES string of the molecule is CS(=O)(=O)N1CCC[C@@H](C(=O)NCCSc2ccccc2)C1. The van der Waals surface area contributed by atoms with E-state index < -0.39 is 10.0 Å². The summed E-state index contributed by atoms with van der Waals surface area (Å²) in [6.45, 7) is 1.41. The van der Waals surface area contributed by atoms with Crippen molar-refractivity contribution in [2.75, 3.05) is 31.6 Å². The van der Waals surface area contributed by atoms with Gasteiger partial charge in [-0.1, -0.05) is 18.2 Å². The van der Waals surface area contributed by atoms with Gasteiger partial charge in [0.25, 0.3) is 0 Å². The third-order valence-corrected chi connectivity index (χ3v) is 5.92. The Hall–Kier alpha value is -1.05. The van der Waals surface area contributed by atoms with Gasteiger partial charge in [-0.15, -0.1) is 11.8 Å². The molecule has 22 heavy (non-hydrogen) atoms. The summed E-state index contributed by atoms with van der Waals surface area (Å²) >= 11 is 1.69. The third-order valence-electron chi connectivity index (χ3n) is 3.64. The Balaban J connectivity index is 1.73. The molecule has 0 spiro atoms. The van der Waals surface area contributed by atoms with Crippen LogP contribution in [0.5, 0.6) is 0 Å². The van der Waals surface area contributed by atoms with Crippen LogP contribution in [0.1, 0.15) is 12.8 Å². The molecule has 1 atom stereocenters. The standard InChI is InChI=1S/C15H22N2O3S2/c1-22(19,20)17-10-5-6-13(12-17)15(18)16-9-11-21-14-7-3-2-4-8-14/h2-4,7-8,13H,5-6,9-12H2,1H3,(H,16,18)/t13-/m1/s1. The summed E-state index contributed by atoms with van der Waals surface area (Å²) in [4.78, 5) is 13.3. The van der Waals surface area contributed by atoms with Crippen LogP contribution >= 0.6 is 11.8 Å². The van der Waals surface area contributed by atoms with E-state index in [1.807, 2.05) is 30.3 Å². The lowest BCUT2D eigenvalue weighted by atomic mass is 9.99. The van der Waals surface area contributed by atoms with Crippen molar-refractivity contribution < 1.29 is 13.2 Å². The Morgan fingerprint density at radius 1 is 1.36 bits per heavy atom. The van der Waals surface area contributed by atoms with E-state index in [1.54, 1.807) is 11.8 Å². The summed E-state index contributed by atoms with van der Waals surface area (Å²) in [6.07, 6.45) is 2.69. The van der Waals surface area contributed by atoms with Crippen molar-refractivity contribution in [3.05, 3.63) is 30.3 Å². The smallest absolute Gasteiger partial charge is 0.224 e. The van der Waals surface area contributed by atoms with Crippen LogP contribution in [-0.2, 0) is 14.8 Å². The Morgan fingerprint density at radius 2 is 2.09 bits per heavy atom. The Kier molecular flexibility index (Phi) is 6.28. The predicted molar refractivity (Wildman–Crippen MR) is 89.3 cm³/mol. The van der Waals surface area contributed by atoms with Gasteiger partial charge in [0.05, 0.1) is 12.2 Å². The van der Waals surface area contributed by atoms with Crippen molar-refractivity contribution in [2.45, 2.75) is 17.7 Å². The van der Waals surface area contributed by atoms with E-state index in [1.165, 1.54) is 15.5 Å². The van der Waals surface area contributed by atoms with Crippen LogP contribution in [0.15, 0.2) is 35.2 Å². The number of piperidine rings is 1. The highest BCUT2D eigenvalue weighted by Gasteiger charge is 2.29. The molecule has 122 valence electrons. The molecule has 1 fully saturated rings. The Morgan fingerprint density at radius 3 is 2.77 bits per heavy atom. The molecule has 0 bridgehead atoms. The van der Waals surface area contributed by atoms with E-state index in [0.29, 0.717) is 19.6 Å². The molecule has 1 saturated heterocycles. The number of hydrogen-bond donors (Lipinski definition) is 1. The topological polar surface area (TPSA) is 66.5 Å². The quantitative estimate of drug-likeness (QED) is 0.629. The van der Waals surface area contributed by atoms with Gasteiger partial charge in [0, 0.05) is 30.3 Å². The minimum absolute atomic E-state index is 0.0398. The fourth-order valence-electron chi connectivity index (χ4n) is 2.46. The molecular weight excluding hydrogens is 320 g/mol. The minimum atomic E-state index is -3.20. The fraction of sp³-hybridized carbons (Fsp3) is 0.533. The first-order valence-electron chi connectivity index (χ1n) is 7.37. The number of benzene rings is 1. The van der Waals surface area contributed by atoms with Gasteiger partial charge in [-0.25, -0.2) is 12.7 Å². The van der Waals surface area contributed by atoms with E-state index in [4.69, 9.17) is 0 Å². The summed E-state index contributed by atoms with van der Waals surface area (Å²) < 4.78 is 24.5. The van der Waals surface area contributed by atoms with Gasteiger partial charge in [-0.05, 0) is 25.0 Å². The average molecular weight is 342 g/mol. The molecule has 2 rings (SSSR count). The van der Waals surface area contributed by atoms with Crippen LogP contribution in [-0.4, -0.2) is 50.3 Å². The lowest BCUT2D eigenvalue weighted by molar-refractivity contribution is -0.125. The number of amides is 1. The van der Waals surface area contributed by atoms with Gasteiger partial charge in [-0.3, -0.25) is 4.79 Å². The molecule has 1 heterocycles. The molecule has 0 aliphatic carbocycles. The molecule has 1 N–H and O–H groups in total. The number of thioether (sulfide) groups is 1. The first-order valence-corrected chi connectivity index (χ1v) is 10.2.